The smallest absolute Gasteiger partial charge is 0.157 e. The first-order chi connectivity index (χ1) is 13.9. The van der Waals surface area contributed by atoms with Crippen LogP contribution in [-0.2, 0) is 0 Å². The summed E-state index contributed by atoms with van der Waals surface area (Å²) in [4.78, 5) is 0. The fourth-order valence-corrected chi connectivity index (χ4v) is 3.26. The molecule has 0 aliphatic carbocycles. The molecule has 0 heterocycles. The van der Waals surface area contributed by atoms with Crippen LogP contribution < -0.4 is 9.47 Å². The number of aromatic hydroxyl groups is 3. The molecule has 0 aromatic heterocycles. The highest BCUT2D eigenvalue weighted by atomic mass is 16.5. The van der Waals surface area contributed by atoms with Gasteiger partial charge in [-0.15, -0.1) is 0 Å². The molecule has 0 aliphatic rings. The van der Waals surface area contributed by atoms with E-state index in [1.807, 2.05) is 43.3 Å². The molecule has 0 bridgehead atoms. The third-order valence-corrected chi connectivity index (χ3v) is 4.88. The van der Waals surface area contributed by atoms with Gasteiger partial charge in [-0.3, -0.25) is 0 Å². The van der Waals surface area contributed by atoms with E-state index >= 15 is 0 Å². The molecule has 0 saturated carbocycles. The molecule has 0 fully saturated rings. The van der Waals surface area contributed by atoms with Crippen molar-refractivity contribution in [1.82, 2.24) is 0 Å². The second-order valence-electron chi connectivity index (χ2n) is 6.73. The lowest BCUT2D eigenvalue weighted by Crippen LogP contribution is -2.03. The third kappa shape index (κ3) is 4.46. The van der Waals surface area contributed by atoms with Crippen molar-refractivity contribution in [3.63, 3.8) is 0 Å². The molecule has 0 amide bonds. The molecule has 29 heavy (non-hydrogen) atoms. The van der Waals surface area contributed by atoms with Crippen molar-refractivity contribution < 1.29 is 24.8 Å². The average Bonchev–Trinajstić information content (AvgIpc) is 2.74. The minimum Gasteiger partial charge on any atom is -0.508 e. The van der Waals surface area contributed by atoms with Crippen LogP contribution in [0.25, 0.3) is 12.2 Å². The first kappa shape index (κ1) is 20.1. The van der Waals surface area contributed by atoms with E-state index in [4.69, 9.17) is 9.47 Å². The predicted octanol–water partition coefficient (Wildman–Crippen LogP) is 5.14. The normalized spacial score (nSPS) is 12.1. The Bertz CT molecular complexity index is 1020. The number of phenols is 3. The van der Waals surface area contributed by atoms with E-state index in [-0.39, 0.29) is 23.2 Å². The summed E-state index contributed by atoms with van der Waals surface area (Å²) >= 11 is 0. The number of hydrogen-bond donors (Lipinski definition) is 3. The molecule has 0 aliphatic heterocycles. The van der Waals surface area contributed by atoms with E-state index in [1.54, 1.807) is 38.5 Å². The topological polar surface area (TPSA) is 79.2 Å². The summed E-state index contributed by atoms with van der Waals surface area (Å²) < 4.78 is 11.1. The maximum atomic E-state index is 9.91. The molecule has 5 nitrogen and oxygen atoms in total. The van der Waals surface area contributed by atoms with Crippen LogP contribution >= 0.6 is 0 Å². The zero-order valence-corrected chi connectivity index (χ0v) is 16.6. The van der Waals surface area contributed by atoms with Gasteiger partial charge in [0.05, 0.1) is 14.2 Å². The lowest BCUT2D eigenvalue weighted by atomic mass is 9.88. The van der Waals surface area contributed by atoms with Crippen molar-refractivity contribution in [3.8, 4) is 28.7 Å². The summed E-state index contributed by atoms with van der Waals surface area (Å²) in [7, 11) is 3.20. The van der Waals surface area contributed by atoms with Crippen LogP contribution in [0.1, 0.15) is 35.1 Å². The Balaban J connectivity index is 2.10. The summed E-state index contributed by atoms with van der Waals surface area (Å²) in [5.74, 6) is 1.10. The molecule has 3 N–H and O–H groups in total. The molecule has 150 valence electrons. The number of hydrogen-bond acceptors (Lipinski definition) is 5. The zero-order valence-electron chi connectivity index (χ0n) is 16.6. The molecule has 3 aromatic rings. The van der Waals surface area contributed by atoms with Crippen molar-refractivity contribution in [2.45, 2.75) is 12.8 Å². The second kappa shape index (κ2) is 8.61. The summed E-state index contributed by atoms with van der Waals surface area (Å²) in [5, 5.41) is 29.0. The predicted molar refractivity (Wildman–Crippen MR) is 114 cm³/mol. The fraction of sp³-hybridized carbons (Fsp3) is 0.167. The monoisotopic (exact) mass is 392 g/mol. The van der Waals surface area contributed by atoms with Crippen LogP contribution in [0.4, 0.5) is 0 Å². The molecular formula is C24H24O5. The number of phenolic OH excluding ortho intramolecular Hbond substituents is 3. The summed E-state index contributed by atoms with van der Waals surface area (Å²) in [5.41, 5.74) is 3.59. The maximum absolute atomic E-state index is 9.91. The molecule has 1 atom stereocenters. The number of benzene rings is 3. The Kier molecular flexibility index (Phi) is 5.98. The summed E-state index contributed by atoms with van der Waals surface area (Å²) in [6.07, 6.45) is 3.90. The van der Waals surface area contributed by atoms with Gasteiger partial charge in [-0.2, -0.15) is 0 Å². The van der Waals surface area contributed by atoms with Crippen LogP contribution in [0.2, 0.25) is 0 Å². The van der Waals surface area contributed by atoms with Crippen molar-refractivity contribution in [1.29, 1.82) is 0 Å². The van der Waals surface area contributed by atoms with Gasteiger partial charge in [0.2, 0.25) is 0 Å². The van der Waals surface area contributed by atoms with Gasteiger partial charge in [0.15, 0.2) is 11.5 Å². The van der Waals surface area contributed by atoms with Gasteiger partial charge in [0, 0.05) is 17.5 Å². The average molecular weight is 392 g/mol. The second-order valence-corrected chi connectivity index (χ2v) is 6.73. The fourth-order valence-electron chi connectivity index (χ4n) is 3.26. The van der Waals surface area contributed by atoms with Crippen LogP contribution in [0, 0.1) is 0 Å². The van der Waals surface area contributed by atoms with Gasteiger partial charge < -0.3 is 24.8 Å². The van der Waals surface area contributed by atoms with Crippen LogP contribution in [0.15, 0.2) is 54.6 Å². The Morgan fingerprint density at radius 1 is 0.793 bits per heavy atom. The summed E-state index contributed by atoms with van der Waals surface area (Å²) in [6.45, 7) is 2.01. The minimum atomic E-state index is -0.164. The molecule has 5 heteroatoms. The molecule has 0 radical (unpaired) electrons. The molecule has 0 saturated heterocycles. The number of rotatable bonds is 6. The standard InChI is InChI=1S/C24H24O5/c1-15(17-8-11-21(26)22(27)13-17)24-18(12-20(28-2)14-23(24)29-3)7-4-16-5-9-19(25)10-6-16/h4-15,25-27H,1-3H3/b7-4+. The van der Waals surface area contributed by atoms with Gasteiger partial charge in [-0.1, -0.05) is 37.3 Å². The summed E-state index contributed by atoms with van der Waals surface area (Å²) in [6, 6.07) is 15.5. The van der Waals surface area contributed by atoms with Gasteiger partial charge >= 0.3 is 0 Å². The van der Waals surface area contributed by atoms with Crippen LogP contribution in [0.3, 0.4) is 0 Å². The van der Waals surface area contributed by atoms with Gasteiger partial charge in [-0.05, 0) is 47.0 Å². The van der Waals surface area contributed by atoms with E-state index in [0.717, 1.165) is 22.3 Å². The van der Waals surface area contributed by atoms with E-state index in [9.17, 15) is 15.3 Å². The van der Waals surface area contributed by atoms with Crippen molar-refractivity contribution >= 4 is 12.2 Å². The van der Waals surface area contributed by atoms with E-state index in [1.165, 1.54) is 6.07 Å². The molecular weight excluding hydrogens is 368 g/mol. The lowest BCUT2D eigenvalue weighted by molar-refractivity contribution is 0.389. The largest absolute Gasteiger partial charge is 0.508 e. The van der Waals surface area contributed by atoms with Crippen LogP contribution in [0.5, 0.6) is 28.7 Å². The highest BCUT2D eigenvalue weighted by Gasteiger charge is 2.19. The van der Waals surface area contributed by atoms with Gasteiger partial charge in [-0.25, -0.2) is 0 Å². The SMILES string of the molecule is COc1cc(/C=C/c2ccc(O)cc2)c(C(C)c2ccc(O)c(O)c2)c(OC)c1. The number of ether oxygens (including phenoxy) is 2. The van der Waals surface area contributed by atoms with E-state index in [2.05, 4.69) is 0 Å². The first-order valence-electron chi connectivity index (χ1n) is 9.18. The Labute approximate surface area is 170 Å². The minimum absolute atomic E-state index is 0.123. The Morgan fingerprint density at radius 2 is 1.52 bits per heavy atom. The number of methoxy groups -OCH3 is 2. The highest BCUT2D eigenvalue weighted by molar-refractivity contribution is 5.74. The highest BCUT2D eigenvalue weighted by Crippen LogP contribution is 2.40. The van der Waals surface area contributed by atoms with Crippen molar-refractivity contribution in [2.75, 3.05) is 14.2 Å². The zero-order chi connectivity index (χ0) is 21.0. The first-order valence-corrected chi connectivity index (χ1v) is 9.18. The van der Waals surface area contributed by atoms with E-state index in [0.29, 0.717) is 11.5 Å². The molecule has 1 unspecified atom stereocenters. The molecule has 3 aromatic carbocycles. The van der Waals surface area contributed by atoms with Crippen molar-refractivity contribution in [2.24, 2.45) is 0 Å². The van der Waals surface area contributed by atoms with Gasteiger partial charge in [0.1, 0.15) is 17.2 Å². The maximum Gasteiger partial charge on any atom is 0.157 e. The molecule has 3 rings (SSSR count). The molecule has 0 spiro atoms. The Hall–Kier alpha value is -3.60. The Morgan fingerprint density at radius 3 is 2.14 bits per heavy atom. The van der Waals surface area contributed by atoms with Crippen LogP contribution in [-0.4, -0.2) is 29.5 Å². The lowest BCUT2D eigenvalue weighted by Gasteiger charge is -2.20. The quantitative estimate of drug-likeness (QED) is 0.400. The third-order valence-electron chi connectivity index (χ3n) is 4.88. The van der Waals surface area contributed by atoms with Gasteiger partial charge in [0.25, 0.3) is 0 Å². The van der Waals surface area contributed by atoms with E-state index < -0.39 is 0 Å². The van der Waals surface area contributed by atoms with Crippen molar-refractivity contribution in [3.05, 3.63) is 76.9 Å².